The predicted molar refractivity (Wildman–Crippen MR) is 87.1 cm³/mol. The number of aryl methyl sites for hydroxylation is 1. The van der Waals surface area contributed by atoms with Crippen LogP contribution in [0.25, 0.3) is 11.1 Å². The summed E-state index contributed by atoms with van der Waals surface area (Å²) >= 11 is 1.26. The van der Waals surface area contributed by atoms with Gasteiger partial charge < -0.3 is 20.1 Å². The van der Waals surface area contributed by atoms with Gasteiger partial charge in [0.15, 0.2) is 5.44 Å². The maximum atomic E-state index is 10.0. The summed E-state index contributed by atoms with van der Waals surface area (Å²) in [5, 5.41) is 29.3. The fourth-order valence-electron chi connectivity index (χ4n) is 2.41. The second-order valence-corrected chi connectivity index (χ2v) is 6.60. The Morgan fingerprint density at radius 1 is 1.13 bits per heavy atom. The highest BCUT2D eigenvalue weighted by atomic mass is 32.2. The number of hydrogen-bond donors (Lipinski definition) is 3. The van der Waals surface area contributed by atoms with Crippen LogP contribution in [0.15, 0.2) is 36.9 Å². The molecule has 2 aromatic heterocycles. The van der Waals surface area contributed by atoms with Gasteiger partial charge in [0.1, 0.15) is 18.0 Å². The number of rotatable bonds is 3. The van der Waals surface area contributed by atoms with Crippen molar-refractivity contribution in [1.29, 1.82) is 0 Å². The van der Waals surface area contributed by atoms with Crippen LogP contribution in [0.2, 0.25) is 0 Å². The lowest BCUT2D eigenvalue weighted by molar-refractivity contribution is -0.0786. The largest absolute Gasteiger partial charge is 0.475 e. The van der Waals surface area contributed by atoms with Gasteiger partial charge in [0.2, 0.25) is 0 Å². The Morgan fingerprint density at radius 3 is 2.74 bits per heavy atom. The number of thioether (sulfide) groups is 1. The molecule has 122 valence electrons. The molecule has 0 spiro atoms. The smallest absolute Gasteiger partial charge is 0.173 e. The molecule has 0 radical (unpaired) electrons. The van der Waals surface area contributed by atoms with Crippen molar-refractivity contribution in [1.82, 2.24) is 9.97 Å². The topological polar surface area (TPSA) is 95.7 Å². The number of nitrogens with zero attached hydrogens (tertiary/aromatic N) is 2. The SMILES string of the molecule is Cc1ccncc1-c1cncc(O[C@@H]2SC[C@@H](O)[C@H](O)[C@H]2O)c1. The van der Waals surface area contributed by atoms with Crippen molar-refractivity contribution in [2.45, 2.75) is 30.7 Å². The minimum atomic E-state index is -1.21. The number of aromatic nitrogens is 2. The number of aliphatic hydroxyl groups is 3. The zero-order valence-electron chi connectivity index (χ0n) is 12.5. The van der Waals surface area contributed by atoms with Gasteiger partial charge in [-0.15, -0.1) is 11.8 Å². The average molecular weight is 334 g/mol. The van der Waals surface area contributed by atoms with E-state index in [0.717, 1.165) is 16.7 Å². The van der Waals surface area contributed by atoms with Crippen molar-refractivity contribution >= 4 is 11.8 Å². The zero-order valence-corrected chi connectivity index (χ0v) is 13.3. The molecule has 0 aliphatic carbocycles. The van der Waals surface area contributed by atoms with Gasteiger partial charge in [-0.3, -0.25) is 9.97 Å². The van der Waals surface area contributed by atoms with Crippen LogP contribution in [0.4, 0.5) is 0 Å². The summed E-state index contributed by atoms with van der Waals surface area (Å²) in [7, 11) is 0. The lowest BCUT2D eigenvalue weighted by Gasteiger charge is -2.34. The van der Waals surface area contributed by atoms with Crippen molar-refractivity contribution in [3.05, 3.63) is 42.5 Å². The summed E-state index contributed by atoms with van der Waals surface area (Å²) in [4.78, 5) is 8.30. The maximum Gasteiger partial charge on any atom is 0.173 e. The maximum absolute atomic E-state index is 10.0. The first-order chi connectivity index (χ1) is 11.1. The summed E-state index contributed by atoms with van der Waals surface area (Å²) in [5.74, 6) is 0.795. The molecular weight excluding hydrogens is 316 g/mol. The molecule has 23 heavy (non-hydrogen) atoms. The van der Waals surface area contributed by atoms with Gasteiger partial charge in [-0.05, 0) is 24.6 Å². The van der Waals surface area contributed by atoms with E-state index in [9.17, 15) is 15.3 Å². The lowest BCUT2D eigenvalue weighted by atomic mass is 10.1. The van der Waals surface area contributed by atoms with E-state index in [0.29, 0.717) is 11.5 Å². The first kappa shape index (κ1) is 16.2. The first-order valence-corrected chi connectivity index (χ1v) is 8.29. The van der Waals surface area contributed by atoms with Crippen LogP contribution < -0.4 is 4.74 Å². The molecule has 1 saturated heterocycles. The molecular formula is C16H18N2O4S. The summed E-state index contributed by atoms with van der Waals surface area (Å²) in [6, 6.07) is 3.74. The van der Waals surface area contributed by atoms with Gasteiger partial charge >= 0.3 is 0 Å². The Bertz CT molecular complexity index is 685. The van der Waals surface area contributed by atoms with Crippen LogP contribution in [-0.4, -0.2) is 54.8 Å². The summed E-state index contributed by atoms with van der Waals surface area (Å²) < 4.78 is 5.75. The Morgan fingerprint density at radius 2 is 1.96 bits per heavy atom. The zero-order chi connectivity index (χ0) is 16.4. The molecule has 6 nitrogen and oxygen atoms in total. The van der Waals surface area contributed by atoms with Gasteiger partial charge in [-0.25, -0.2) is 0 Å². The number of ether oxygens (including phenoxy) is 1. The van der Waals surface area contributed by atoms with Gasteiger partial charge in [-0.1, -0.05) is 0 Å². The molecule has 0 unspecified atom stereocenters. The molecule has 3 heterocycles. The van der Waals surface area contributed by atoms with E-state index in [1.807, 2.05) is 19.1 Å². The van der Waals surface area contributed by atoms with E-state index in [2.05, 4.69) is 9.97 Å². The minimum Gasteiger partial charge on any atom is -0.475 e. The third-order valence-corrected chi connectivity index (χ3v) is 5.01. The number of pyridine rings is 2. The van der Waals surface area contributed by atoms with Crippen LogP contribution in [0.3, 0.4) is 0 Å². The fraction of sp³-hybridized carbons (Fsp3) is 0.375. The second-order valence-electron chi connectivity index (χ2n) is 5.47. The normalized spacial score (nSPS) is 27.7. The lowest BCUT2D eigenvalue weighted by Crippen LogP contribution is -2.50. The van der Waals surface area contributed by atoms with Gasteiger partial charge in [0, 0.05) is 35.5 Å². The monoisotopic (exact) mass is 334 g/mol. The summed E-state index contributed by atoms with van der Waals surface area (Å²) in [5.41, 5.74) is 2.24. The first-order valence-electron chi connectivity index (χ1n) is 7.25. The van der Waals surface area contributed by atoms with Crippen molar-refractivity contribution < 1.29 is 20.1 Å². The van der Waals surface area contributed by atoms with Gasteiger partial charge in [-0.2, -0.15) is 0 Å². The van der Waals surface area contributed by atoms with Crippen molar-refractivity contribution in [3.8, 4) is 16.9 Å². The van der Waals surface area contributed by atoms with Gasteiger partial charge in [0.05, 0.1) is 12.3 Å². The van der Waals surface area contributed by atoms with Crippen LogP contribution in [0.1, 0.15) is 5.56 Å². The van der Waals surface area contributed by atoms with Crippen LogP contribution >= 0.6 is 11.8 Å². The van der Waals surface area contributed by atoms with Crippen molar-refractivity contribution in [2.24, 2.45) is 0 Å². The van der Waals surface area contributed by atoms with E-state index in [-0.39, 0.29) is 0 Å². The van der Waals surface area contributed by atoms with Crippen molar-refractivity contribution in [2.75, 3.05) is 5.75 Å². The highest BCUT2D eigenvalue weighted by Crippen LogP contribution is 2.31. The van der Waals surface area contributed by atoms with Crippen LogP contribution in [0.5, 0.6) is 5.75 Å². The summed E-state index contributed by atoms with van der Waals surface area (Å²) in [6.07, 6.45) is 3.46. The highest BCUT2D eigenvalue weighted by Gasteiger charge is 2.38. The van der Waals surface area contributed by atoms with E-state index in [1.165, 1.54) is 11.8 Å². The van der Waals surface area contributed by atoms with Crippen LogP contribution in [0, 0.1) is 6.92 Å². The molecule has 0 aromatic carbocycles. The predicted octanol–water partition coefficient (Wildman–Crippen LogP) is 0.986. The quantitative estimate of drug-likeness (QED) is 0.770. The van der Waals surface area contributed by atoms with E-state index in [4.69, 9.17) is 4.74 Å². The molecule has 7 heteroatoms. The number of aliphatic hydroxyl groups excluding tert-OH is 3. The highest BCUT2D eigenvalue weighted by molar-refractivity contribution is 7.99. The molecule has 0 saturated carbocycles. The molecule has 4 atom stereocenters. The molecule has 0 bridgehead atoms. The van der Waals surface area contributed by atoms with E-state index in [1.54, 1.807) is 24.8 Å². The molecule has 2 aromatic rings. The van der Waals surface area contributed by atoms with Crippen molar-refractivity contribution in [3.63, 3.8) is 0 Å². The molecule has 1 aliphatic rings. The Labute approximate surface area is 138 Å². The summed E-state index contributed by atoms with van der Waals surface area (Å²) in [6.45, 7) is 1.99. The molecule has 1 fully saturated rings. The third kappa shape index (κ3) is 3.48. The molecule has 3 N–H and O–H groups in total. The van der Waals surface area contributed by atoms with Crippen LogP contribution in [-0.2, 0) is 0 Å². The second kappa shape index (κ2) is 6.84. The molecule has 1 aliphatic heterocycles. The average Bonchev–Trinajstić information content (AvgIpc) is 2.56. The van der Waals surface area contributed by atoms with E-state index < -0.39 is 23.7 Å². The van der Waals surface area contributed by atoms with E-state index >= 15 is 0 Å². The fourth-order valence-corrected chi connectivity index (χ4v) is 3.54. The van der Waals surface area contributed by atoms with Gasteiger partial charge in [0.25, 0.3) is 0 Å². The standard InChI is InChI=1S/C16H18N2O4S/c1-9-2-3-17-7-12(9)10-4-11(6-18-5-10)22-16-15(21)14(20)13(19)8-23-16/h2-7,13-16,19-21H,8H2,1H3/t13-,14+,15-,16-/m1/s1. The number of hydrogen-bond acceptors (Lipinski definition) is 7. The minimum absolute atomic E-state index is 0.303. The molecule has 3 rings (SSSR count). The Kier molecular flexibility index (Phi) is 4.82. The Hall–Kier alpha value is -1.67. The Balaban J connectivity index is 1.80. The molecule has 0 amide bonds. The third-order valence-electron chi connectivity index (χ3n) is 3.77.